The molecule has 1 aliphatic heterocycles. The van der Waals surface area contributed by atoms with Crippen molar-refractivity contribution in [2.45, 2.75) is 64.2 Å². The van der Waals surface area contributed by atoms with Crippen LogP contribution in [-0.2, 0) is 4.79 Å². The van der Waals surface area contributed by atoms with E-state index < -0.39 is 0 Å². The van der Waals surface area contributed by atoms with E-state index in [1.54, 1.807) is 0 Å². The normalized spacial score (nSPS) is 22.8. The van der Waals surface area contributed by atoms with Crippen LogP contribution in [0.5, 0.6) is 0 Å². The molecule has 0 unspecified atom stereocenters. The molecule has 2 fully saturated rings. The first-order chi connectivity index (χ1) is 9.79. The second-order valence-corrected chi connectivity index (χ2v) is 6.78. The molecule has 1 saturated heterocycles. The molecule has 2 aliphatic rings. The van der Waals surface area contributed by atoms with Crippen LogP contribution in [0.4, 0.5) is 0 Å². The fraction of sp³-hybridized carbons (Fsp3) is 0.941. The first kappa shape index (κ1) is 15.8. The Labute approximate surface area is 124 Å². The van der Waals surface area contributed by atoms with E-state index in [9.17, 15) is 4.79 Å². The van der Waals surface area contributed by atoms with Gasteiger partial charge in [-0.15, -0.1) is 0 Å². The lowest BCUT2D eigenvalue weighted by Crippen LogP contribution is -2.39. The van der Waals surface area contributed by atoms with Gasteiger partial charge < -0.3 is 10.2 Å². The summed E-state index contributed by atoms with van der Waals surface area (Å²) in [5, 5.41) is 3.23. The van der Waals surface area contributed by atoms with E-state index in [1.165, 1.54) is 57.8 Å². The highest BCUT2D eigenvalue weighted by molar-refractivity contribution is 5.76. The largest absolute Gasteiger partial charge is 0.343 e. The van der Waals surface area contributed by atoms with Crippen LogP contribution in [0, 0.1) is 11.8 Å². The zero-order chi connectivity index (χ0) is 14.2. The molecule has 1 aliphatic carbocycles. The van der Waals surface area contributed by atoms with Gasteiger partial charge in [-0.2, -0.15) is 0 Å². The molecule has 0 aromatic rings. The van der Waals surface area contributed by atoms with Crippen LogP contribution >= 0.6 is 0 Å². The van der Waals surface area contributed by atoms with Gasteiger partial charge in [-0.3, -0.25) is 4.79 Å². The molecular formula is C17H32N2O. The van der Waals surface area contributed by atoms with Crippen molar-refractivity contribution in [2.75, 3.05) is 26.7 Å². The molecular weight excluding hydrogens is 248 g/mol. The second-order valence-electron chi connectivity index (χ2n) is 6.78. The Hall–Kier alpha value is -0.570. The maximum Gasteiger partial charge on any atom is 0.222 e. The smallest absolute Gasteiger partial charge is 0.222 e. The van der Waals surface area contributed by atoms with Crippen molar-refractivity contribution in [3.8, 4) is 0 Å². The Kier molecular flexibility index (Phi) is 6.85. The van der Waals surface area contributed by atoms with E-state index in [2.05, 4.69) is 10.2 Å². The third-order valence-electron chi connectivity index (χ3n) is 5.21. The standard InChI is InChI=1S/C17H32N2O/c1-18-11-8-15-9-12-19(13-10-15)17(20)14-16-6-4-2-3-5-7-16/h15-16,18H,2-14H2,1H3. The van der Waals surface area contributed by atoms with Crippen LogP contribution in [0.15, 0.2) is 0 Å². The quantitative estimate of drug-likeness (QED) is 0.784. The van der Waals surface area contributed by atoms with E-state index in [4.69, 9.17) is 0 Å². The lowest BCUT2D eigenvalue weighted by atomic mass is 9.92. The van der Waals surface area contributed by atoms with E-state index in [0.29, 0.717) is 11.8 Å². The second kappa shape index (κ2) is 8.66. The predicted octanol–water partition coefficient (Wildman–Crippen LogP) is 3.20. The monoisotopic (exact) mass is 280 g/mol. The SMILES string of the molecule is CNCCC1CCN(C(=O)CC2CCCCCC2)CC1. The number of likely N-dealkylation sites (tertiary alicyclic amines) is 1. The zero-order valence-corrected chi connectivity index (χ0v) is 13.2. The summed E-state index contributed by atoms with van der Waals surface area (Å²) in [5.41, 5.74) is 0. The number of hydrogen-bond donors (Lipinski definition) is 1. The Morgan fingerprint density at radius 1 is 1.00 bits per heavy atom. The molecule has 0 spiro atoms. The summed E-state index contributed by atoms with van der Waals surface area (Å²) in [5.74, 6) is 1.93. The van der Waals surface area contributed by atoms with Crippen LogP contribution in [0.3, 0.4) is 0 Å². The minimum absolute atomic E-state index is 0.434. The maximum absolute atomic E-state index is 12.4. The molecule has 3 nitrogen and oxygen atoms in total. The number of nitrogens with zero attached hydrogens (tertiary/aromatic N) is 1. The fourth-order valence-corrected chi connectivity index (χ4v) is 3.76. The van der Waals surface area contributed by atoms with Gasteiger partial charge in [0.2, 0.25) is 5.91 Å². The fourth-order valence-electron chi connectivity index (χ4n) is 3.76. The van der Waals surface area contributed by atoms with Crippen LogP contribution in [0.2, 0.25) is 0 Å². The van der Waals surface area contributed by atoms with Gasteiger partial charge in [-0.05, 0) is 57.5 Å². The number of hydrogen-bond acceptors (Lipinski definition) is 2. The van der Waals surface area contributed by atoms with Crippen molar-refractivity contribution in [1.82, 2.24) is 10.2 Å². The van der Waals surface area contributed by atoms with Crippen molar-refractivity contribution in [1.29, 1.82) is 0 Å². The van der Waals surface area contributed by atoms with Crippen molar-refractivity contribution >= 4 is 5.91 Å². The highest BCUT2D eigenvalue weighted by Gasteiger charge is 2.24. The van der Waals surface area contributed by atoms with Gasteiger partial charge >= 0.3 is 0 Å². The van der Waals surface area contributed by atoms with Gasteiger partial charge in [0.15, 0.2) is 0 Å². The molecule has 1 N–H and O–H groups in total. The summed E-state index contributed by atoms with van der Waals surface area (Å²) in [6.45, 7) is 3.11. The molecule has 1 amide bonds. The number of amides is 1. The van der Waals surface area contributed by atoms with Gasteiger partial charge in [-0.1, -0.05) is 25.7 Å². The molecule has 3 heteroatoms. The van der Waals surface area contributed by atoms with Crippen molar-refractivity contribution in [3.63, 3.8) is 0 Å². The summed E-state index contributed by atoms with van der Waals surface area (Å²) in [6, 6.07) is 0. The van der Waals surface area contributed by atoms with Gasteiger partial charge in [0, 0.05) is 19.5 Å². The lowest BCUT2D eigenvalue weighted by Gasteiger charge is -2.33. The molecule has 0 aromatic heterocycles. The predicted molar refractivity (Wildman–Crippen MR) is 83.7 cm³/mol. The van der Waals surface area contributed by atoms with Crippen LogP contribution in [-0.4, -0.2) is 37.5 Å². The summed E-state index contributed by atoms with van der Waals surface area (Å²) >= 11 is 0. The van der Waals surface area contributed by atoms with E-state index in [1.807, 2.05) is 7.05 Å². The number of piperidine rings is 1. The first-order valence-corrected chi connectivity index (χ1v) is 8.72. The maximum atomic E-state index is 12.4. The number of carbonyl (C=O) groups is 1. The topological polar surface area (TPSA) is 32.3 Å². The average Bonchev–Trinajstić information content (AvgIpc) is 2.74. The Balaban J connectivity index is 1.68. The molecule has 0 bridgehead atoms. The lowest BCUT2D eigenvalue weighted by molar-refractivity contribution is -0.133. The van der Waals surface area contributed by atoms with Crippen LogP contribution < -0.4 is 5.32 Å². The third-order valence-corrected chi connectivity index (χ3v) is 5.21. The summed E-state index contributed by atoms with van der Waals surface area (Å²) in [4.78, 5) is 14.6. The molecule has 0 aromatic carbocycles. The minimum atomic E-state index is 0.434. The summed E-state index contributed by atoms with van der Waals surface area (Å²) in [6.07, 6.45) is 12.5. The molecule has 2 rings (SSSR count). The summed E-state index contributed by atoms with van der Waals surface area (Å²) in [7, 11) is 2.02. The van der Waals surface area contributed by atoms with Crippen molar-refractivity contribution < 1.29 is 4.79 Å². The van der Waals surface area contributed by atoms with Crippen LogP contribution in [0.25, 0.3) is 0 Å². The van der Waals surface area contributed by atoms with Gasteiger partial charge in [0.1, 0.15) is 0 Å². The van der Waals surface area contributed by atoms with E-state index in [0.717, 1.165) is 32.0 Å². The molecule has 20 heavy (non-hydrogen) atoms. The summed E-state index contributed by atoms with van der Waals surface area (Å²) < 4.78 is 0. The van der Waals surface area contributed by atoms with Gasteiger partial charge in [0.05, 0.1) is 0 Å². The minimum Gasteiger partial charge on any atom is -0.343 e. The van der Waals surface area contributed by atoms with Crippen LogP contribution in [0.1, 0.15) is 64.2 Å². The van der Waals surface area contributed by atoms with Gasteiger partial charge in [-0.25, -0.2) is 0 Å². The molecule has 0 radical (unpaired) electrons. The van der Waals surface area contributed by atoms with Gasteiger partial charge in [0.25, 0.3) is 0 Å². The van der Waals surface area contributed by atoms with Crippen molar-refractivity contribution in [3.05, 3.63) is 0 Å². The number of rotatable bonds is 5. The number of carbonyl (C=O) groups excluding carboxylic acids is 1. The van der Waals surface area contributed by atoms with Crippen molar-refractivity contribution in [2.24, 2.45) is 11.8 Å². The molecule has 116 valence electrons. The third kappa shape index (κ3) is 5.08. The van der Waals surface area contributed by atoms with E-state index >= 15 is 0 Å². The Bertz CT molecular complexity index is 277. The molecule has 1 saturated carbocycles. The highest BCUT2D eigenvalue weighted by atomic mass is 16.2. The zero-order valence-electron chi connectivity index (χ0n) is 13.2. The highest BCUT2D eigenvalue weighted by Crippen LogP contribution is 2.27. The molecule has 1 heterocycles. The Morgan fingerprint density at radius 2 is 1.65 bits per heavy atom. The Morgan fingerprint density at radius 3 is 2.25 bits per heavy atom. The first-order valence-electron chi connectivity index (χ1n) is 8.72. The molecule has 0 atom stereocenters. The van der Waals surface area contributed by atoms with E-state index in [-0.39, 0.29) is 0 Å². The number of nitrogens with one attached hydrogen (secondary N) is 1. The average molecular weight is 280 g/mol.